The summed E-state index contributed by atoms with van der Waals surface area (Å²) in [5.41, 5.74) is 0.743. The summed E-state index contributed by atoms with van der Waals surface area (Å²) in [5, 5.41) is 28.2. The quantitative estimate of drug-likeness (QED) is 0.598. The van der Waals surface area contributed by atoms with Crippen LogP contribution in [0.2, 0.25) is 0 Å². The maximum atomic E-state index is 9.71. The number of ether oxygens (including phenoxy) is 1. The molecule has 0 aromatic carbocycles. The molecule has 0 unspecified atom stereocenters. The van der Waals surface area contributed by atoms with Gasteiger partial charge in [-0.2, -0.15) is 0 Å². The Kier molecular flexibility index (Phi) is 2.97. The lowest BCUT2D eigenvalue weighted by Crippen LogP contribution is -2.32. The topological polar surface area (TPSA) is 82.8 Å². The number of aliphatic hydroxyl groups is 3. The molecule has 2 heterocycles. The van der Waals surface area contributed by atoms with Gasteiger partial charge >= 0.3 is 0 Å². The molecule has 0 saturated carbocycles. The van der Waals surface area contributed by atoms with Crippen molar-refractivity contribution in [3.8, 4) is 0 Å². The van der Waals surface area contributed by atoms with Crippen molar-refractivity contribution < 1.29 is 20.1 Å². The van der Waals surface area contributed by atoms with Crippen molar-refractivity contribution in [1.82, 2.24) is 4.98 Å². The fourth-order valence-corrected chi connectivity index (χ4v) is 1.73. The van der Waals surface area contributed by atoms with Gasteiger partial charge in [0, 0.05) is 12.4 Å². The fraction of sp³-hybridized carbons (Fsp3) is 0.500. The van der Waals surface area contributed by atoms with Crippen LogP contribution in [0.4, 0.5) is 0 Å². The van der Waals surface area contributed by atoms with E-state index in [1.54, 1.807) is 24.5 Å². The number of aromatic nitrogens is 1. The average Bonchev–Trinajstić information content (AvgIpc) is 2.57. The van der Waals surface area contributed by atoms with E-state index in [0.29, 0.717) is 0 Å². The third-order valence-corrected chi connectivity index (χ3v) is 2.58. The van der Waals surface area contributed by atoms with E-state index in [1.807, 2.05) is 0 Å². The smallest absolute Gasteiger partial charge is 0.113 e. The third kappa shape index (κ3) is 1.87. The highest BCUT2D eigenvalue weighted by atomic mass is 16.6. The van der Waals surface area contributed by atoms with Crippen LogP contribution in [-0.2, 0) is 4.74 Å². The van der Waals surface area contributed by atoms with Crippen LogP contribution in [0.5, 0.6) is 0 Å². The van der Waals surface area contributed by atoms with Gasteiger partial charge in [0.1, 0.15) is 24.4 Å². The molecule has 5 nitrogen and oxygen atoms in total. The van der Waals surface area contributed by atoms with Gasteiger partial charge in [-0.15, -0.1) is 0 Å². The van der Waals surface area contributed by atoms with Crippen LogP contribution in [0.3, 0.4) is 0 Å². The van der Waals surface area contributed by atoms with Gasteiger partial charge in [-0.3, -0.25) is 4.98 Å². The van der Waals surface area contributed by atoms with Crippen LogP contribution >= 0.6 is 0 Å². The summed E-state index contributed by atoms with van der Waals surface area (Å²) < 4.78 is 5.34. The summed E-state index contributed by atoms with van der Waals surface area (Å²) in [7, 11) is 0. The predicted molar refractivity (Wildman–Crippen MR) is 51.0 cm³/mol. The first kappa shape index (κ1) is 10.5. The molecule has 1 aliphatic heterocycles. The molecule has 2 rings (SSSR count). The third-order valence-electron chi connectivity index (χ3n) is 2.58. The maximum Gasteiger partial charge on any atom is 0.113 e. The van der Waals surface area contributed by atoms with E-state index >= 15 is 0 Å². The molecule has 0 spiro atoms. The second-order valence-corrected chi connectivity index (χ2v) is 3.54. The molecule has 1 saturated heterocycles. The molecule has 0 aliphatic carbocycles. The van der Waals surface area contributed by atoms with Crippen LogP contribution in [0.1, 0.15) is 11.7 Å². The van der Waals surface area contributed by atoms with E-state index in [0.717, 1.165) is 5.56 Å². The number of hydrogen-bond donors (Lipinski definition) is 3. The van der Waals surface area contributed by atoms with Gasteiger partial charge in [0.05, 0.1) is 6.61 Å². The van der Waals surface area contributed by atoms with Gasteiger partial charge in [0.15, 0.2) is 0 Å². The Morgan fingerprint density at radius 3 is 2.40 bits per heavy atom. The lowest BCUT2D eigenvalue weighted by Gasteiger charge is -2.14. The van der Waals surface area contributed by atoms with Crippen molar-refractivity contribution in [1.29, 1.82) is 0 Å². The highest BCUT2D eigenvalue weighted by Gasteiger charge is 2.42. The lowest BCUT2D eigenvalue weighted by atomic mass is 10.0. The van der Waals surface area contributed by atoms with Gasteiger partial charge in [0.2, 0.25) is 0 Å². The molecular formula is C10H13NO4. The highest BCUT2D eigenvalue weighted by molar-refractivity contribution is 5.17. The highest BCUT2D eigenvalue weighted by Crippen LogP contribution is 2.32. The molecule has 0 amide bonds. The Bertz CT molecular complexity index is 318. The minimum absolute atomic E-state index is 0.306. The van der Waals surface area contributed by atoms with Gasteiger partial charge < -0.3 is 20.1 Å². The van der Waals surface area contributed by atoms with E-state index in [-0.39, 0.29) is 6.61 Å². The number of aliphatic hydroxyl groups excluding tert-OH is 3. The predicted octanol–water partition coefficient (Wildman–Crippen LogP) is -0.764. The molecule has 0 radical (unpaired) electrons. The summed E-state index contributed by atoms with van der Waals surface area (Å²) in [4.78, 5) is 3.85. The Labute approximate surface area is 87.0 Å². The van der Waals surface area contributed by atoms with Gasteiger partial charge in [-0.1, -0.05) is 0 Å². The molecule has 1 aromatic rings. The zero-order chi connectivity index (χ0) is 10.8. The van der Waals surface area contributed by atoms with Gasteiger partial charge in [-0.05, 0) is 17.7 Å². The second-order valence-electron chi connectivity index (χ2n) is 3.54. The van der Waals surface area contributed by atoms with E-state index < -0.39 is 24.4 Å². The summed E-state index contributed by atoms with van der Waals surface area (Å²) in [6.07, 6.45) is -0.204. The van der Waals surface area contributed by atoms with Crippen molar-refractivity contribution >= 4 is 0 Å². The Hall–Kier alpha value is -1.01. The normalized spacial score (nSPS) is 35.7. The van der Waals surface area contributed by atoms with Crippen LogP contribution < -0.4 is 0 Å². The van der Waals surface area contributed by atoms with Crippen LogP contribution in [-0.4, -0.2) is 45.2 Å². The summed E-state index contributed by atoms with van der Waals surface area (Å²) in [5.74, 6) is 0. The van der Waals surface area contributed by atoms with Crippen molar-refractivity contribution in [3.63, 3.8) is 0 Å². The molecular weight excluding hydrogens is 198 g/mol. The summed E-state index contributed by atoms with van der Waals surface area (Å²) >= 11 is 0. The molecule has 1 aliphatic rings. The Morgan fingerprint density at radius 2 is 1.87 bits per heavy atom. The van der Waals surface area contributed by atoms with Crippen molar-refractivity contribution in [2.75, 3.05) is 6.61 Å². The summed E-state index contributed by atoms with van der Waals surface area (Å²) in [6.45, 7) is -0.306. The van der Waals surface area contributed by atoms with E-state index in [1.165, 1.54) is 0 Å². The zero-order valence-electron chi connectivity index (χ0n) is 8.02. The number of pyridine rings is 1. The number of nitrogens with zero attached hydrogens (tertiary/aromatic N) is 1. The molecule has 82 valence electrons. The first-order valence-corrected chi connectivity index (χ1v) is 4.76. The number of rotatable bonds is 2. The Morgan fingerprint density at radius 1 is 1.20 bits per heavy atom. The van der Waals surface area contributed by atoms with E-state index in [9.17, 15) is 10.2 Å². The molecule has 3 N–H and O–H groups in total. The minimum Gasteiger partial charge on any atom is -0.394 e. The summed E-state index contributed by atoms with van der Waals surface area (Å²) in [6, 6.07) is 3.42. The monoisotopic (exact) mass is 211 g/mol. The first-order chi connectivity index (χ1) is 7.24. The molecule has 5 heteroatoms. The molecule has 1 fully saturated rings. The lowest BCUT2D eigenvalue weighted by molar-refractivity contribution is -0.0227. The first-order valence-electron chi connectivity index (χ1n) is 4.76. The minimum atomic E-state index is -1.05. The van der Waals surface area contributed by atoms with Gasteiger partial charge in [-0.25, -0.2) is 0 Å². The van der Waals surface area contributed by atoms with Crippen molar-refractivity contribution in [2.45, 2.75) is 24.4 Å². The van der Waals surface area contributed by atoms with Gasteiger partial charge in [0.25, 0.3) is 0 Å². The van der Waals surface area contributed by atoms with Crippen LogP contribution in [0.25, 0.3) is 0 Å². The van der Waals surface area contributed by atoms with Crippen LogP contribution in [0.15, 0.2) is 24.5 Å². The zero-order valence-corrected chi connectivity index (χ0v) is 8.02. The van der Waals surface area contributed by atoms with Crippen molar-refractivity contribution in [3.05, 3.63) is 30.1 Å². The largest absolute Gasteiger partial charge is 0.394 e. The van der Waals surface area contributed by atoms with Crippen molar-refractivity contribution in [2.24, 2.45) is 0 Å². The molecule has 1 aromatic heterocycles. The SMILES string of the molecule is OC[C@H]1O[C@H](c2ccncc2)[C@H](O)[C@@H]1O. The molecule has 4 atom stereocenters. The molecule has 0 bridgehead atoms. The average molecular weight is 211 g/mol. The standard InChI is InChI=1S/C10H13NO4/c12-5-7-8(13)9(14)10(15-7)6-1-3-11-4-2-6/h1-4,7-10,12-14H,5H2/t7-,8-,9-,10-/m1/s1. The Balaban J connectivity index is 2.19. The fourth-order valence-electron chi connectivity index (χ4n) is 1.73. The number of hydrogen-bond acceptors (Lipinski definition) is 5. The second kappa shape index (κ2) is 4.24. The maximum absolute atomic E-state index is 9.71. The van der Waals surface area contributed by atoms with Crippen LogP contribution in [0, 0.1) is 0 Å². The van der Waals surface area contributed by atoms with E-state index in [2.05, 4.69) is 4.98 Å². The van der Waals surface area contributed by atoms with E-state index in [4.69, 9.17) is 9.84 Å². The molecule has 15 heavy (non-hydrogen) atoms.